The minimum atomic E-state index is -2.32. The molecule has 0 spiro atoms. The monoisotopic (exact) mass is 457 g/mol. The third-order valence-electron chi connectivity index (χ3n) is 5.04. The molecule has 0 fully saturated rings. The lowest BCUT2D eigenvalue weighted by atomic mass is 10.00. The van der Waals surface area contributed by atoms with Crippen molar-refractivity contribution in [2.24, 2.45) is 5.10 Å². The predicted octanol–water partition coefficient (Wildman–Crippen LogP) is 5.28. The second kappa shape index (κ2) is 8.50. The van der Waals surface area contributed by atoms with E-state index in [1.54, 1.807) is 54.6 Å². The van der Waals surface area contributed by atoms with E-state index >= 15 is 0 Å². The Labute approximate surface area is 185 Å². The lowest BCUT2D eigenvalue weighted by molar-refractivity contribution is -0.114. The summed E-state index contributed by atoms with van der Waals surface area (Å²) in [5, 5.41) is 4.16. The Kier molecular flexibility index (Phi) is 5.71. The molecule has 168 valence electrons. The molecular weight excluding hydrogens is 441 g/mol. The third kappa shape index (κ3) is 3.86. The molecule has 4 rings (SSSR count). The molecule has 1 heterocycles. The van der Waals surface area contributed by atoms with Crippen molar-refractivity contribution in [3.63, 3.8) is 0 Å². The van der Waals surface area contributed by atoms with E-state index in [-0.39, 0.29) is 16.3 Å². The van der Waals surface area contributed by atoms with Crippen LogP contribution in [0.2, 0.25) is 0 Å². The van der Waals surface area contributed by atoms with Crippen molar-refractivity contribution in [1.82, 2.24) is 0 Å². The largest absolute Gasteiger partial charge is 0.378 e. The van der Waals surface area contributed by atoms with Crippen LogP contribution < -0.4 is 9.91 Å². The van der Waals surface area contributed by atoms with Crippen LogP contribution in [0.15, 0.2) is 65.3 Å². The summed E-state index contributed by atoms with van der Waals surface area (Å²) in [6.45, 7) is 0. The Balaban J connectivity index is 1.88. The van der Waals surface area contributed by atoms with E-state index in [1.165, 1.54) is 6.08 Å². The van der Waals surface area contributed by atoms with Crippen molar-refractivity contribution in [1.29, 1.82) is 0 Å². The number of nitrogens with zero attached hydrogens (tertiary/aromatic N) is 3. The molecule has 0 saturated heterocycles. The fourth-order valence-corrected chi connectivity index (χ4v) is 3.32. The van der Waals surface area contributed by atoms with Gasteiger partial charge in [0.1, 0.15) is 11.4 Å². The summed E-state index contributed by atoms with van der Waals surface area (Å²) < 4.78 is 69.9. The number of halogens is 5. The van der Waals surface area contributed by atoms with Gasteiger partial charge in [-0.05, 0) is 23.8 Å². The van der Waals surface area contributed by atoms with E-state index in [0.717, 1.165) is 5.69 Å². The van der Waals surface area contributed by atoms with Crippen molar-refractivity contribution >= 4 is 29.1 Å². The van der Waals surface area contributed by atoms with Gasteiger partial charge in [0, 0.05) is 25.3 Å². The van der Waals surface area contributed by atoms with Crippen LogP contribution in [0.1, 0.15) is 11.1 Å². The van der Waals surface area contributed by atoms with Gasteiger partial charge in [0.15, 0.2) is 23.3 Å². The lowest BCUT2D eigenvalue weighted by Gasteiger charge is -2.15. The summed E-state index contributed by atoms with van der Waals surface area (Å²) in [6, 6.07) is 15.3. The molecule has 0 aromatic heterocycles. The van der Waals surface area contributed by atoms with Crippen molar-refractivity contribution in [3.8, 4) is 0 Å². The number of anilines is 2. The molecule has 3 aromatic rings. The molecule has 0 aliphatic carbocycles. The molecule has 0 radical (unpaired) electrons. The Morgan fingerprint density at radius 1 is 0.788 bits per heavy atom. The number of amides is 1. The van der Waals surface area contributed by atoms with Gasteiger partial charge < -0.3 is 4.90 Å². The van der Waals surface area contributed by atoms with Crippen molar-refractivity contribution in [3.05, 3.63) is 100 Å². The number of rotatable bonds is 4. The van der Waals surface area contributed by atoms with Crippen LogP contribution in [0.4, 0.5) is 33.3 Å². The molecular formula is C24H16F5N3O. The normalized spacial score (nSPS) is 14.8. The number of benzene rings is 3. The van der Waals surface area contributed by atoms with Crippen molar-refractivity contribution in [2.45, 2.75) is 0 Å². The smallest absolute Gasteiger partial charge is 0.281 e. The summed E-state index contributed by atoms with van der Waals surface area (Å²) in [5.74, 6) is -12.0. The van der Waals surface area contributed by atoms with E-state index in [4.69, 9.17) is 0 Å². The highest BCUT2D eigenvalue weighted by Crippen LogP contribution is 2.35. The van der Waals surface area contributed by atoms with Gasteiger partial charge in [-0.15, -0.1) is 0 Å². The maximum absolute atomic E-state index is 14.4. The van der Waals surface area contributed by atoms with Crippen LogP contribution in [-0.4, -0.2) is 25.7 Å². The van der Waals surface area contributed by atoms with Gasteiger partial charge >= 0.3 is 0 Å². The van der Waals surface area contributed by atoms with Gasteiger partial charge in [-0.25, -0.2) is 22.0 Å². The fourth-order valence-electron chi connectivity index (χ4n) is 3.32. The lowest BCUT2D eigenvalue weighted by Crippen LogP contribution is -2.25. The highest BCUT2D eigenvalue weighted by Gasteiger charge is 2.38. The summed E-state index contributed by atoms with van der Waals surface area (Å²) in [7, 11) is 3.71. The van der Waals surface area contributed by atoms with Crippen LogP contribution in [0.5, 0.6) is 0 Å². The number of carbonyl (C=O) groups is 1. The maximum Gasteiger partial charge on any atom is 0.281 e. The van der Waals surface area contributed by atoms with E-state index in [9.17, 15) is 26.7 Å². The van der Waals surface area contributed by atoms with Crippen molar-refractivity contribution in [2.75, 3.05) is 24.0 Å². The standard InChI is InChI=1S/C24H16F5N3O/c1-31(2)15-10-8-13(9-11-15)12-16-22(14-6-4-3-5-7-14)30-32(24(16)33)23-20(28)18(26)17(25)19(27)21(23)29/h3-12H,1-2H3/b16-12-. The van der Waals surface area contributed by atoms with E-state index < -0.39 is 40.7 Å². The molecule has 0 unspecified atom stereocenters. The molecule has 1 aliphatic rings. The van der Waals surface area contributed by atoms with Crippen LogP contribution in [0, 0.1) is 29.1 Å². The van der Waals surface area contributed by atoms with E-state index in [0.29, 0.717) is 11.1 Å². The van der Waals surface area contributed by atoms with Gasteiger partial charge in [-0.2, -0.15) is 10.1 Å². The molecule has 1 amide bonds. The minimum Gasteiger partial charge on any atom is -0.378 e. The Hall–Kier alpha value is -4.01. The third-order valence-corrected chi connectivity index (χ3v) is 5.04. The second-order valence-corrected chi connectivity index (χ2v) is 7.39. The SMILES string of the molecule is CN(C)c1ccc(/C=C2\C(=O)N(c3c(F)c(F)c(F)c(F)c3F)N=C2c2ccccc2)cc1. The molecule has 3 aromatic carbocycles. The number of carbonyl (C=O) groups excluding carboxylic acids is 1. The van der Waals surface area contributed by atoms with Gasteiger partial charge in [0.2, 0.25) is 5.82 Å². The second-order valence-electron chi connectivity index (χ2n) is 7.39. The van der Waals surface area contributed by atoms with Crippen LogP contribution in [0.3, 0.4) is 0 Å². The van der Waals surface area contributed by atoms with Gasteiger partial charge in [-0.1, -0.05) is 42.5 Å². The minimum absolute atomic E-state index is 0.0289. The molecule has 1 aliphatic heterocycles. The molecule has 4 nitrogen and oxygen atoms in total. The summed E-state index contributed by atoms with van der Waals surface area (Å²) in [6.07, 6.45) is 1.44. The Morgan fingerprint density at radius 3 is 1.88 bits per heavy atom. The average Bonchev–Trinajstić information content (AvgIpc) is 3.13. The van der Waals surface area contributed by atoms with Gasteiger partial charge in [0.05, 0.1) is 5.57 Å². The highest BCUT2D eigenvalue weighted by atomic mass is 19.2. The van der Waals surface area contributed by atoms with Crippen molar-refractivity contribution < 1.29 is 26.7 Å². The molecule has 0 saturated carbocycles. The van der Waals surface area contributed by atoms with Gasteiger partial charge in [0.25, 0.3) is 5.91 Å². The molecule has 9 heteroatoms. The molecule has 0 bridgehead atoms. The predicted molar refractivity (Wildman–Crippen MR) is 115 cm³/mol. The zero-order valence-electron chi connectivity index (χ0n) is 17.4. The Morgan fingerprint density at radius 2 is 1.33 bits per heavy atom. The first-order valence-electron chi connectivity index (χ1n) is 9.70. The fraction of sp³-hybridized carbons (Fsp3) is 0.0833. The van der Waals surface area contributed by atoms with Crippen LogP contribution in [0.25, 0.3) is 6.08 Å². The average molecular weight is 457 g/mol. The topological polar surface area (TPSA) is 35.9 Å². The van der Waals surface area contributed by atoms with E-state index in [1.807, 2.05) is 19.0 Å². The summed E-state index contributed by atoms with van der Waals surface area (Å²) >= 11 is 0. The quantitative estimate of drug-likeness (QED) is 0.231. The molecule has 0 N–H and O–H groups in total. The first-order chi connectivity index (χ1) is 15.7. The summed E-state index contributed by atoms with van der Waals surface area (Å²) in [5.41, 5.74) is 0.426. The zero-order chi connectivity index (χ0) is 23.9. The highest BCUT2D eigenvalue weighted by molar-refractivity contribution is 6.37. The summed E-state index contributed by atoms with van der Waals surface area (Å²) in [4.78, 5) is 15.0. The van der Waals surface area contributed by atoms with E-state index in [2.05, 4.69) is 5.10 Å². The van der Waals surface area contributed by atoms with Crippen LogP contribution >= 0.6 is 0 Å². The number of hydrogen-bond acceptors (Lipinski definition) is 3. The van der Waals surface area contributed by atoms with Gasteiger partial charge in [-0.3, -0.25) is 4.79 Å². The Bertz CT molecular complexity index is 1270. The first-order valence-corrected chi connectivity index (χ1v) is 9.70. The molecule has 33 heavy (non-hydrogen) atoms. The van der Waals surface area contributed by atoms with Crippen LogP contribution in [-0.2, 0) is 4.79 Å². The number of hydrogen-bond donors (Lipinski definition) is 0. The first kappa shape index (κ1) is 22.2. The maximum atomic E-state index is 14.4. The zero-order valence-corrected chi connectivity index (χ0v) is 17.4. The molecule has 0 atom stereocenters. The number of hydrazone groups is 1.